The van der Waals surface area contributed by atoms with Crippen LogP contribution in [0.2, 0.25) is 0 Å². The highest BCUT2D eigenvalue weighted by molar-refractivity contribution is 9.10. The smallest absolute Gasteiger partial charge is 0.298 e. The second kappa shape index (κ2) is 3.76. The molecule has 0 unspecified atom stereocenters. The maximum Gasteiger partial charge on any atom is 0.298 e. The topological polar surface area (TPSA) is 118 Å². The van der Waals surface area contributed by atoms with Crippen LogP contribution in [0.4, 0.5) is 5.69 Å². The summed E-state index contributed by atoms with van der Waals surface area (Å²) in [6.07, 6.45) is 0. The fourth-order valence-corrected chi connectivity index (χ4v) is 2.07. The maximum atomic E-state index is 10.7. The van der Waals surface area contributed by atoms with Crippen LogP contribution in [0.15, 0.2) is 21.5 Å². The van der Waals surface area contributed by atoms with E-state index in [2.05, 4.69) is 15.9 Å². The van der Waals surface area contributed by atoms with Crippen molar-refractivity contribution in [3.63, 3.8) is 0 Å². The Balaban J connectivity index is 3.59. The minimum atomic E-state index is -4.70. The van der Waals surface area contributed by atoms with Gasteiger partial charge < -0.3 is 5.11 Å². The molecule has 0 amide bonds. The Morgan fingerprint density at radius 3 is 2.33 bits per heavy atom. The Morgan fingerprint density at radius 1 is 1.40 bits per heavy atom. The van der Waals surface area contributed by atoms with Crippen molar-refractivity contribution in [3.05, 3.63) is 26.7 Å². The van der Waals surface area contributed by atoms with Gasteiger partial charge >= 0.3 is 0 Å². The highest BCUT2D eigenvalue weighted by atomic mass is 79.9. The van der Waals surface area contributed by atoms with Crippen molar-refractivity contribution in [2.24, 2.45) is 0 Å². The molecule has 1 aromatic rings. The number of nitro groups is 1. The van der Waals surface area contributed by atoms with Crippen molar-refractivity contribution in [3.8, 4) is 5.75 Å². The second-order valence-corrected chi connectivity index (χ2v) is 4.75. The van der Waals surface area contributed by atoms with E-state index in [0.29, 0.717) is 6.07 Å². The first-order valence-corrected chi connectivity index (χ1v) is 5.61. The van der Waals surface area contributed by atoms with E-state index in [1.807, 2.05) is 0 Å². The zero-order chi connectivity index (χ0) is 11.8. The largest absolute Gasteiger partial charge is 0.505 e. The lowest BCUT2D eigenvalue weighted by Gasteiger charge is -2.02. The average Bonchev–Trinajstić information content (AvgIpc) is 2.06. The molecule has 0 bridgehead atoms. The van der Waals surface area contributed by atoms with E-state index in [0.717, 1.165) is 6.07 Å². The van der Waals surface area contributed by atoms with Gasteiger partial charge in [0.05, 0.1) is 9.40 Å². The average molecular weight is 298 g/mol. The molecule has 0 saturated carbocycles. The van der Waals surface area contributed by atoms with Gasteiger partial charge in [0.1, 0.15) is 4.90 Å². The third-order valence-electron chi connectivity index (χ3n) is 1.50. The van der Waals surface area contributed by atoms with Crippen molar-refractivity contribution in [1.29, 1.82) is 0 Å². The first-order chi connectivity index (χ1) is 6.73. The van der Waals surface area contributed by atoms with Crippen LogP contribution in [-0.4, -0.2) is 23.0 Å². The third-order valence-corrected chi connectivity index (χ3v) is 2.97. The Labute approximate surface area is 92.4 Å². The number of halogens is 1. The number of non-ortho nitro benzene ring substituents is 1. The zero-order valence-corrected chi connectivity index (χ0v) is 9.32. The van der Waals surface area contributed by atoms with Gasteiger partial charge in [-0.15, -0.1) is 0 Å². The van der Waals surface area contributed by atoms with Crippen molar-refractivity contribution in [2.45, 2.75) is 4.90 Å². The van der Waals surface area contributed by atoms with E-state index >= 15 is 0 Å². The molecule has 0 heterocycles. The maximum absolute atomic E-state index is 10.7. The highest BCUT2D eigenvalue weighted by Crippen LogP contribution is 2.35. The van der Waals surface area contributed by atoms with Gasteiger partial charge in [0.15, 0.2) is 5.75 Å². The van der Waals surface area contributed by atoms with E-state index in [4.69, 9.17) is 4.55 Å². The second-order valence-electron chi connectivity index (χ2n) is 2.51. The van der Waals surface area contributed by atoms with Crippen LogP contribution in [0, 0.1) is 10.1 Å². The highest BCUT2D eigenvalue weighted by Gasteiger charge is 2.22. The van der Waals surface area contributed by atoms with Gasteiger partial charge in [-0.05, 0) is 15.9 Å². The van der Waals surface area contributed by atoms with E-state index in [-0.39, 0.29) is 4.47 Å². The summed E-state index contributed by atoms with van der Waals surface area (Å²) >= 11 is 2.73. The predicted molar refractivity (Wildman–Crippen MR) is 52.3 cm³/mol. The quantitative estimate of drug-likeness (QED) is 0.483. The number of nitro benzene ring substituents is 1. The van der Waals surface area contributed by atoms with Gasteiger partial charge in [-0.1, -0.05) is 0 Å². The van der Waals surface area contributed by atoms with E-state index < -0.39 is 31.4 Å². The minimum absolute atomic E-state index is 0.190. The van der Waals surface area contributed by atoms with Crippen LogP contribution >= 0.6 is 15.9 Å². The number of rotatable bonds is 2. The summed E-state index contributed by atoms with van der Waals surface area (Å²) in [6, 6.07) is 1.49. The Bertz CT molecular complexity index is 525. The van der Waals surface area contributed by atoms with Gasteiger partial charge in [0.25, 0.3) is 15.8 Å². The van der Waals surface area contributed by atoms with Crippen molar-refractivity contribution in [1.82, 2.24) is 0 Å². The van der Waals surface area contributed by atoms with Gasteiger partial charge in [-0.3, -0.25) is 14.7 Å². The van der Waals surface area contributed by atoms with Crippen LogP contribution in [0.1, 0.15) is 0 Å². The number of benzene rings is 1. The summed E-state index contributed by atoms with van der Waals surface area (Å²) in [6.45, 7) is 0. The van der Waals surface area contributed by atoms with Crippen LogP contribution in [0.25, 0.3) is 0 Å². The summed E-state index contributed by atoms with van der Waals surface area (Å²) in [5.74, 6) is -0.775. The molecular weight excluding hydrogens is 294 g/mol. The number of hydrogen-bond donors (Lipinski definition) is 2. The number of aromatic hydroxyl groups is 1. The number of phenolic OH excluding ortho intramolecular Hbond substituents is 1. The van der Waals surface area contributed by atoms with Crippen LogP contribution in [-0.2, 0) is 10.1 Å². The number of nitrogens with zero attached hydrogens (tertiary/aromatic N) is 1. The van der Waals surface area contributed by atoms with Gasteiger partial charge in [0, 0.05) is 12.1 Å². The van der Waals surface area contributed by atoms with Gasteiger partial charge in [0.2, 0.25) is 0 Å². The standard InChI is InChI=1S/C6H4BrNO6S/c7-4-1-3(8(10)11)2-5(6(4)9)15(12,13)14/h1-2,9H,(H,12,13,14). The van der Waals surface area contributed by atoms with Gasteiger partial charge in [-0.2, -0.15) is 8.42 Å². The molecule has 0 aliphatic rings. The normalized spacial score (nSPS) is 11.3. The SMILES string of the molecule is O=[N+]([O-])c1cc(Br)c(O)c(S(=O)(=O)O)c1. The van der Waals surface area contributed by atoms with Crippen LogP contribution in [0.5, 0.6) is 5.75 Å². The zero-order valence-electron chi connectivity index (χ0n) is 6.92. The lowest BCUT2D eigenvalue weighted by molar-refractivity contribution is -0.385. The summed E-state index contributed by atoms with van der Waals surface area (Å²) in [5, 5.41) is 19.6. The summed E-state index contributed by atoms with van der Waals surface area (Å²) in [4.78, 5) is 8.61. The number of phenols is 1. The fourth-order valence-electron chi connectivity index (χ4n) is 0.862. The minimum Gasteiger partial charge on any atom is -0.505 e. The summed E-state index contributed by atoms with van der Waals surface area (Å²) in [7, 11) is -4.70. The predicted octanol–water partition coefficient (Wildman–Crippen LogP) is 1.31. The molecule has 0 aromatic heterocycles. The molecule has 0 aliphatic carbocycles. The van der Waals surface area contributed by atoms with Crippen LogP contribution in [0.3, 0.4) is 0 Å². The summed E-state index contributed by atoms with van der Waals surface area (Å²) in [5.41, 5.74) is -0.563. The summed E-state index contributed by atoms with van der Waals surface area (Å²) < 4.78 is 29.9. The molecule has 0 aliphatic heterocycles. The first kappa shape index (κ1) is 11.9. The lowest BCUT2D eigenvalue weighted by atomic mass is 10.3. The molecule has 0 radical (unpaired) electrons. The molecule has 0 saturated heterocycles. The van der Waals surface area contributed by atoms with Crippen molar-refractivity contribution < 1.29 is 23.0 Å². The molecule has 9 heteroatoms. The van der Waals surface area contributed by atoms with Crippen LogP contribution < -0.4 is 0 Å². The number of hydrogen-bond acceptors (Lipinski definition) is 5. The Morgan fingerprint density at radius 2 is 1.93 bits per heavy atom. The molecular formula is C6H4BrNO6S. The molecule has 0 atom stereocenters. The molecule has 15 heavy (non-hydrogen) atoms. The van der Waals surface area contributed by atoms with E-state index in [9.17, 15) is 23.6 Å². The Kier molecular flexibility index (Phi) is 2.98. The van der Waals surface area contributed by atoms with E-state index in [1.54, 1.807) is 0 Å². The van der Waals surface area contributed by atoms with Gasteiger partial charge in [-0.25, -0.2) is 0 Å². The molecule has 82 valence electrons. The molecule has 1 rings (SSSR count). The molecule has 0 fully saturated rings. The van der Waals surface area contributed by atoms with E-state index in [1.165, 1.54) is 0 Å². The molecule has 7 nitrogen and oxygen atoms in total. The molecule has 1 aromatic carbocycles. The van der Waals surface area contributed by atoms with Crippen molar-refractivity contribution in [2.75, 3.05) is 0 Å². The third kappa shape index (κ3) is 2.43. The molecule has 2 N–H and O–H groups in total. The lowest BCUT2D eigenvalue weighted by Crippen LogP contribution is -2.00. The molecule has 0 spiro atoms. The fraction of sp³-hybridized carbons (Fsp3) is 0. The monoisotopic (exact) mass is 297 g/mol. The Hall–Kier alpha value is -1.19. The first-order valence-electron chi connectivity index (χ1n) is 3.38. The van der Waals surface area contributed by atoms with Crippen molar-refractivity contribution >= 4 is 31.7 Å².